The summed E-state index contributed by atoms with van der Waals surface area (Å²) in [6, 6.07) is 0. The van der Waals surface area contributed by atoms with Gasteiger partial charge in [-0.1, -0.05) is 0 Å². The van der Waals surface area contributed by atoms with Crippen LogP contribution in [0.2, 0.25) is 0 Å². The number of carbonyl (C=O) groups is 1. The predicted molar refractivity (Wildman–Crippen MR) is 30.6 cm³/mol. The Hall–Kier alpha value is -0.690. The molecule has 1 unspecified atom stereocenters. The van der Waals surface area contributed by atoms with Crippen molar-refractivity contribution in [2.75, 3.05) is 6.61 Å². The van der Waals surface area contributed by atoms with Crippen molar-refractivity contribution in [3.05, 3.63) is 0 Å². The molecule has 6 nitrogen and oxygen atoms in total. The van der Waals surface area contributed by atoms with Crippen LogP contribution >= 0.6 is 0 Å². The van der Waals surface area contributed by atoms with Crippen LogP contribution in [0.4, 0.5) is 0 Å². The number of hydrogen-bond donors (Lipinski definition) is 4. The molecule has 0 aromatic carbocycles. The summed E-state index contributed by atoms with van der Waals surface area (Å²) in [6.45, 7) is -0.385. The van der Waals surface area contributed by atoms with E-state index in [9.17, 15) is 4.79 Å². The van der Waals surface area contributed by atoms with Crippen molar-refractivity contribution in [2.45, 2.75) is 18.0 Å². The van der Waals surface area contributed by atoms with Crippen LogP contribution in [0.5, 0.6) is 0 Å². The zero-order valence-electron chi connectivity index (χ0n) is 5.47. The Morgan fingerprint density at radius 3 is 2.27 bits per heavy atom. The summed E-state index contributed by atoms with van der Waals surface area (Å²) in [4.78, 5) is 10.2. The van der Waals surface area contributed by atoms with Crippen LogP contribution in [-0.4, -0.2) is 51.0 Å². The average Bonchev–Trinajstić information content (AvgIpc) is 2.18. The maximum absolute atomic E-state index is 10.2. The van der Waals surface area contributed by atoms with Gasteiger partial charge in [0.2, 0.25) is 0 Å². The quantitative estimate of drug-likeness (QED) is 0.341. The molecule has 1 rings (SSSR count). The highest BCUT2D eigenvalue weighted by molar-refractivity contribution is 5.76. The SMILES string of the molecule is O=C(O)C1(O)OC[C@H](O)[C@@H]1O. The Morgan fingerprint density at radius 1 is 1.55 bits per heavy atom. The molecule has 1 heterocycles. The van der Waals surface area contributed by atoms with Gasteiger partial charge in [0, 0.05) is 0 Å². The predicted octanol–water partition coefficient (Wildman–Crippen LogP) is -2.49. The molecule has 0 saturated carbocycles. The second-order valence-corrected chi connectivity index (χ2v) is 2.32. The van der Waals surface area contributed by atoms with Crippen LogP contribution in [-0.2, 0) is 9.53 Å². The smallest absolute Gasteiger partial charge is 0.367 e. The van der Waals surface area contributed by atoms with Gasteiger partial charge in [0.1, 0.15) is 12.2 Å². The Labute approximate surface area is 61.6 Å². The molecule has 6 heteroatoms. The van der Waals surface area contributed by atoms with Gasteiger partial charge in [0.25, 0.3) is 5.79 Å². The van der Waals surface area contributed by atoms with Crippen molar-refractivity contribution < 1.29 is 30.0 Å². The third-order valence-corrected chi connectivity index (χ3v) is 1.55. The van der Waals surface area contributed by atoms with Crippen LogP contribution in [0, 0.1) is 0 Å². The van der Waals surface area contributed by atoms with Crippen molar-refractivity contribution in [1.29, 1.82) is 0 Å². The molecular formula is C5H8O6. The number of ether oxygens (including phenoxy) is 1. The topological polar surface area (TPSA) is 107 Å². The standard InChI is InChI=1S/C5H8O6/c6-2-1-11-5(10,3(2)7)4(8)9/h2-3,6-7,10H,1H2,(H,8,9)/t2-,3-,5?/m0/s1. The minimum atomic E-state index is -2.65. The molecule has 0 spiro atoms. The monoisotopic (exact) mass is 164 g/mol. The van der Waals surface area contributed by atoms with E-state index in [1.807, 2.05) is 0 Å². The van der Waals surface area contributed by atoms with Crippen molar-refractivity contribution in [3.63, 3.8) is 0 Å². The Kier molecular flexibility index (Phi) is 1.85. The fraction of sp³-hybridized carbons (Fsp3) is 0.800. The maximum Gasteiger partial charge on any atom is 0.367 e. The molecule has 1 aliphatic rings. The van der Waals surface area contributed by atoms with Crippen molar-refractivity contribution >= 4 is 5.97 Å². The van der Waals surface area contributed by atoms with Crippen LogP contribution < -0.4 is 0 Å². The molecule has 0 bridgehead atoms. The first-order valence-corrected chi connectivity index (χ1v) is 2.94. The first kappa shape index (κ1) is 8.41. The molecule has 0 amide bonds. The molecular weight excluding hydrogens is 156 g/mol. The van der Waals surface area contributed by atoms with E-state index in [2.05, 4.69) is 4.74 Å². The molecule has 0 aliphatic carbocycles. The van der Waals surface area contributed by atoms with Crippen molar-refractivity contribution in [3.8, 4) is 0 Å². The van der Waals surface area contributed by atoms with E-state index in [0.29, 0.717) is 0 Å². The molecule has 0 aromatic rings. The lowest BCUT2D eigenvalue weighted by molar-refractivity contribution is -0.230. The summed E-state index contributed by atoms with van der Waals surface area (Å²) in [5.41, 5.74) is 0. The number of carboxylic acid groups (broad SMARTS) is 1. The zero-order chi connectivity index (χ0) is 8.65. The normalized spacial score (nSPS) is 44.3. The van der Waals surface area contributed by atoms with E-state index >= 15 is 0 Å². The van der Waals surface area contributed by atoms with Gasteiger partial charge in [-0.25, -0.2) is 4.79 Å². The molecule has 64 valence electrons. The van der Waals surface area contributed by atoms with Gasteiger partial charge >= 0.3 is 5.97 Å². The van der Waals surface area contributed by atoms with Crippen LogP contribution in [0.3, 0.4) is 0 Å². The van der Waals surface area contributed by atoms with Crippen LogP contribution in [0.25, 0.3) is 0 Å². The number of aliphatic carboxylic acids is 1. The average molecular weight is 164 g/mol. The van der Waals surface area contributed by atoms with E-state index in [1.165, 1.54) is 0 Å². The van der Waals surface area contributed by atoms with E-state index in [-0.39, 0.29) is 6.61 Å². The highest BCUT2D eigenvalue weighted by Crippen LogP contribution is 2.23. The molecule has 1 saturated heterocycles. The number of carboxylic acids is 1. The molecule has 1 fully saturated rings. The summed E-state index contributed by atoms with van der Waals surface area (Å²) < 4.78 is 4.28. The van der Waals surface area contributed by atoms with E-state index < -0.39 is 24.0 Å². The van der Waals surface area contributed by atoms with Gasteiger partial charge in [-0.05, 0) is 0 Å². The lowest BCUT2D eigenvalue weighted by Gasteiger charge is -2.19. The van der Waals surface area contributed by atoms with Crippen molar-refractivity contribution in [2.24, 2.45) is 0 Å². The first-order chi connectivity index (χ1) is 4.98. The molecule has 1 aliphatic heterocycles. The molecule has 0 radical (unpaired) electrons. The fourth-order valence-electron chi connectivity index (χ4n) is 0.838. The number of hydrogen-bond acceptors (Lipinski definition) is 5. The summed E-state index contributed by atoms with van der Waals surface area (Å²) in [6.07, 6.45) is -3.14. The lowest BCUT2D eigenvalue weighted by atomic mass is 10.1. The molecule has 11 heavy (non-hydrogen) atoms. The zero-order valence-corrected chi connectivity index (χ0v) is 5.47. The van der Waals surface area contributed by atoms with Gasteiger partial charge < -0.3 is 25.2 Å². The Balaban J connectivity index is 2.81. The van der Waals surface area contributed by atoms with Gasteiger partial charge in [0.05, 0.1) is 6.61 Å². The van der Waals surface area contributed by atoms with Gasteiger partial charge in [-0.15, -0.1) is 0 Å². The van der Waals surface area contributed by atoms with Crippen LogP contribution in [0.15, 0.2) is 0 Å². The third kappa shape index (κ3) is 1.10. The van der Waals surface area contributed by atoms with Crippen LogP contribution in [0.1, 0.15) is 0 Å². The summed E-state index contributed by atoms with van der Waals surface area (Å²) in [5, 5.41) is 35.0. The third-order valence-electron chi connectivity index (χ3n) is 1.55. The molecule has 0 aromatic heterocycles. The van der Waals surface area contributed by atoms with Gasteiger partial charge in [-0.2, -0.15) is 0 Å². The number of rotatable bonds is 1. The highest BCUT2D eigenvalue weighted by Gasteiger charge is 2.54. The largest absolute Gasteiger partial charge is 0.477 e. The number of aliphatic hydroxyl groups is 3. The second kappa shape index (κ2) is 2.42. The Bertz CT molecular complexity index is 180. The summed E-state index contributed by atoms with van der Waals surface area (Å²) >= 11 is 0. The first-order valence-electron chi connectivity index (χ1n) is 2.94. The van der Waals surface area contributed by atoms with Gasteiger partial charge in [-0.3, -0.25) is 0 Å². The summed E-state index contributed by atoms with van der Waals surface area (Å²) in [7, 11) is 0. The molecule has 4 N–H and O–H groups in total. The number of aliphatic hydroxyl groups excluding tert-OH is 2. The van der Waals surface area contributed by atoms with Gasteiger partial charge in [0.15, 0.2) is 0 Å². The van der Waals surface area contributed by atoms with E-state index in [1.54, 1.807) is 0 Å². The Morgan fingerprint density at radius 2 is 2.09 bits per heavy atom. The second-order valence-electron chi connectivity index (χ2n) is 2.32. The molecule has 3 atom stereocenters. The van der Waals surface area contributed by atoms with E-state index in [4.69, 9.17) is 20.4 Å². The highest BCUT2D eigenvalue weighted by atomic mass is 16.7. The minimum Gasteiger partial charge on any atom is -0.477 e. The maximum atomic E-state index is 10.2. The van der Waals surface area contributed by atoms with E-state index in [0.717, 1.165) is 0 Å². The summed E-state index contributed by atoms with van der Waals surface area (Å²) in [5.74, 6) is -4.36. The fourth-order valence-corrected chi connectivity index (χ4v) is 0.838. The lowest BCUT2D eigenvalue weighted by Crippen LogP contribution is -2.49. The van der Waals surface area contributed by atoms with Crippen molar-refractivity contribution in [1.82, 2.24) is 0 Å². The minimum absolute atomic E-state index is 0.385.